The Morgan fingerprint density at radius 3 is 2.12 bits per heavy atom. The van der Waals surface area contributed by atoms with Gasteiger partial charge >= 0.3 is 0 Å². The van der Waals surface area contributed by atoms with Gasteiger partial charge in [0, 0.05) is 18.8 Å². The molecule has 0 saturated carbocycles. The summed E-state index contributed by atoms with van der Waals surface area (Å²) < 4.78 is 5.60. The van der Waals surface area contributed by atoms with Gasteiger partial charge in [-0.2, -0.15) is 0 Å². The lowest BCUT2D eigenvalue weighted by molar-refractivity contribution is -0.146. The Hall–Kier alpha value is -2.04. The van der Waals surface area contributed by atoms with Crippen molar-refractivity contribution in [1.82, 2.24) is 4.90 Å². The van der Waals surface area contributed by atoms with Gasteiger partial charge in [-0.15, -0.1) is 0 Å². The minimum absolute atomic E-state index is 0.0911. The van der Waals surface area contributed by atoms with E-state index >= 15 is 0 Å². The Labute approximate surface area is 150 Å². The molecule has 2 amide bonds. The van der Waals surface area contributed by atoms with Gasteiger partial charge in [-0.1, -0.05) is 12.8 Å². The molecule has 0 radical (unpaired) electrons. The average Bonchev–Trinajstić information content (AvgIpc) is 2.84. The molecule has 1 aromatic carbocycles. The third kappa shape index (κ3) is 5.21. The number of anilines is 1. The van der Waals surface area contributed by atoms with Crippen LogP contribution in [0.1, 0.15) is 53.4 Å². The molecule has 0 bridgehead atoms. The second-order valence-corrected chi connectivity index (χ2v) is 7.48. The fourth-order valence-corrected chi connectivity index (χ4v) is 2.94. The molecule has 0 atom stereocenters. The van der Waals surface area contributed by atoms with E-state index in [1.807, 2.05) is 30.9 Å². The second-order valence-electron chi connectivity index (χ2n) is 7.48. The van der Waals surface area contributed by atoms with Crippen molar-refractivity contribution in [3.05, 3.63) is 24.3 Å². The molecule has 5 nitrogen and oxygen atoms in total. The Morgan fingerprint density at radius 1 is 1.04 bits per heavy atom. The SMILES string of the molecule is CC(C)Oc1ccc(NC(=O)C(C)(C)C(=O)N2CCCCCC2)cc1. The van der Waals surface area contributed by atoms with E-state index in [0.29, 0.717) is 5.69 Å². The number of hydrogen-bond donors (Lipinski definition) is 1. The first-order valence-electron chi connectivity index (χ1n) is 9.18. The van der Waals surface area contributed by atoms with Crippen LogP contribution in [-0.2, 0) is 9.59 Å². The second kappa shape index (κ2) is 8.37. The molecule has 1 aliphatic rings. The first-order valence-corrected chi connectivity index (χ1v) is 9.18. The molecule has 1 aliphatic heterocycles. The third-order valence-corrected chi connectivity index (χ3v) is 4.48. The highest BCUT2D eigenvalue weighted by Crippen LogP contribution is 2.25. The van der Waals surface area contributed by atoms with Crippen molar-refractivity contribution in [2.75, 3.05) is 18.4 Å². The summed E-state index contributed by atoms with van der Waals surface area (Å²) in [6.07, 6.45) is 4.44. The van der Waals surface area contributed by atoms with Gasteiger partial charge in [-0.25, -0.2) is 0 Å². The monoisotopic (exact) mass is 346 g/mol. The number of rotatable bonds is 5. The van der Waals surface area contributed by atoms with E-state index in [1.54, 1.807) is 26.0 Å². The van der Waals surface area contributed by atoms with E-state index in [4.69, 9.17) is 4.74 Å². The Balaban J connectivity index is 2.01. The molecule has 1 fully saturated rings. The van der Waals surface area contributed by atoms with Crippen LogP contribution in [0.15, 0.2) is 24.3 Å². The molecule has 0 spiro atoms. The fraction of sp³-hybridized carbons (Fsp3) is 0.600. The van der Waals surface area contributed by atoms with Gasteiger partial charge in [0.25, 0.3) is 0 Å². The molecule has 25 heavy (non-hydrogen) atoms. The summed E-state index contributed by atoms with van der Waals surface area (Å²) in [6.45, 7) is 8.82. The van der Waals surface area contributed by atoms with Crippen LogP contribution in [0.25, 0.3) is 0 Å². The fourth-order valence-electron chi connectivity index (χ4n) is 2.94. The van der Waals surface area contributed by atoms with Crippen LogP contribution in [0.3, 0.4) is 0 Å². The highest BCUT2D eigenvalue weighted by Gasteiger charge is 2.39. The lowest BCUT2D eigenvalue weighted by atomic mass is 9.90. The number of nitrogens with one attached hydrogen (secondary N) is 1. The van der Waals surface area contributed by atoms with Crippen molar-refractivity contribution in [3.8, 4) is 5.75 Å². The van der Waals surface area contributed by atoms with Gasteiger partial charge in [0.05, 0.1) is 6.10 Å². The number of hydrogen-bond acceptors (Lipinski definition) is 3. The Bertz CT molecular complexity index is 585. The van der Waals surface area contributed by atoms with E-state index in [9.17, 15) is 9.59 Å². The van der Waals surface area contributed by atoms with Crippen LogP contribution in [0.4, 0.5) is 5.69 Å². The number of benzene rings is 1. The topological polar surface area (TPSA) is 58.6 Å². The van der Waals surface area contributed by atoms with E-state index in [0.717, 1.165) is 44.5 Å². The molecule has 5 heteroatoms. The lowest BCUT2D eigenvalue weighted by Gasteiger charge is -2.30. The summed E-state index contributed by atoms with van der Waals surface area (Å²) in [7, 11) is 0. The molecule has 1 N–H and O–H groups in total. The first kappa shape index (κ1) is 19.3. The van der Waals surface area contributed by atoms with Crippen LogP contribution in [0.2, 0.25) is 0 Å². The predicted octanol–water partition coefficient (Wildman–Crippen LogP) is 3.84. The molecule has 1 saturated heterocycles. The zero-order valence-corrected chi connectivity index (χ0v) is 15.8. The Morgan fingerprint density at radius 2 is 1.60 bits per heavy atom. The van der Waals surface area contributed by atoms with E-state index in [-0.39, 0.29) is 17.9 Å². The summed E-state index contributed by atoms with van der Waals surface area (Å²) in [5.74, 6) is 0.388. The van der Waals surface area contributed by atoms with Gasteiger partial charge in [0.1, 0.15) is 11.2 Å². The normalized spacial score (nSPS) is 15.6. The summed E-state index contributed by atoms with van der Waals surface area (Å²) in [5, 5.41) is 2.86. The van der Waals surface area contributed by atoms with Crippen LogP contribution in [-0.4, -0.2) is 35.9 Å². The van der Waals surface area contributed by atoms with Gasteiger partial charge in [-0.3, -0.25) is 9.59 Å². The van der Waals surface area contributed by atoms with Crippen LogP contribution < -0.4 is 10.1 Å². The lowest BCUT2D eigenvalue weighted by Crippen LogP contribution is -2.47. The summed E-state index contributed by atoms with van der Waals surface area (Å²) in [5.41, 5.74) is -0.421. The molecule has 1 aromatic rings. The number of carbonyl (C=O) groups is 2. The van der Waals surface area contributed by atoms with Crippen molar-refractivity contribution in [1.29, 1.82) is 0 Å². The maximum atomic E-state index is 12.8. The van der Waals surface area contributed by atoms with Gasteiger partial charge in [0.2, 0.25) is 11.8 Å². The molecule has 0 aliphatic carbocycles. The predicted molar refractivity (Wildman–Crippen MR) is 99.7 cm³/mol. The quantitative estimate of drug-likeness (QED) is 0.824. The van der Waals surface area contributed by atoms with Crippen molar-refractivity contribution in [2.24, 2.45) is 5.41 Å². The number of nitrogens with zero attached hydrogens (tertiary/aromatic N) is 1. The zero-order chi connectivity index (χ0) is 18.4. The largest absolute Gasteiger partial charge is 0.491 e. The van der Waals surface area contributed by atoms with E-state index < -0.39 is 5.41 Å². The van der Waals surface area contributed by atoms with Gasteiger partial charge in [-0.05, 0) is 64.8 Å². The summed E-state index contributed by atoms with van der Waals surface area (Å²) in [6, 6.07) is 7.22. The van der Waals surface area contributed by atoms with E-state index in [2.05, 4.69) is 5.32 Å². The van der Waals surface area contributed by atoms with Crippen molar-refractivity contribution in [2.45, 2.75) is 59.5 Å². The summed E-state index contributed by atoms with van der Waals surface area (Å²) in [4.78, 5) is 27.3. The molecule has 0 unspecified atom stereocenters. The third-order valence-electron chi connectivity index (χ3n) is 4.48. The van der Waals surface area contributed by atoms with Gasteiger partial charge < -0.3 is 15.0 Å². The standard InChI is InChI=1S/C20H30N2O3/c1-15(2)25-17-11-9-16(10-12-17)21-18(23)20(3,4)19(24)22-13-7-5-6-8-14-22/h9-12,15H,5-8,13-14H2,1-4H3,(H,21,23). The van der Waals surface area contributed by atoms with Crippen LogP contribution >= 0.6 is 0 Å². The van der Waals surface area contributed by atoms with Crippen molar-refractivity contribution in [3.63, 3.8) is 0 Å². The number of amides is 2. The maximum absolute atomic E-state index is 12.8. The minimum Gasteiger partial charge on any atom is -0.491 e. The molecule has 1 heterocycles. The van der Waals surface area contributed by atoms with Crippen molar-refractivity contribution < 1.29 is 14.3 Å². The minimum atomic E-state index is -1.09. The first-order chi connectivity index (χ1) is 11.8. The molecule has 2 rings (SSSR count). The summed E-state index contributed by atoms with van der Waals surface area (Å²) >= 11 is 0. The Kier molecular flexibility index (Phi) is 6.45. The average molecular weight is 346 g/mol. The van der Waals surface area contributed by atoms with E-state index in [1.165, 1.54) is 0 Å². The number of likely N-dealkylation sites (tertiary alicyclic amines) is 1. The maximum Gasteiger partial charge on any atom is 0.239 e. The smallest absolute Gasteiger partial charge is 0.239 e. The molecular weight excluding hydrogens is 316 g/mol. The van der Waals surface area contributed by atoms with Gasteiger partial charge in [0.15, 0.2) is 0 Å². The zero-order valence-electron chi connectivity index (χ0n) is 15.8. The number of ether oxygens (including phenoxy) is 1. The number of carbonyl (C=O) groups excluding carboxylic acids is 2. The molecule has 138 valence electrons. The highest BCUT2D eigenvalue weighted by molar-refractivity contribution is 6.09. The van der Waals surface area contributed by atoms with Crippen molar-refractivity contribution >= 4 is 17.5 Å². The molecular formula is C20H30N2O3. The highest BCUT2D eigenvalue weighted by atomic mass is 16.5. The van der Waals surface area contributed by atoms with Crippen LogP contribution in [0.5, 0.6) is 5.75 Å². The molecule has 0 aromatic heterocycles. The van der Waals surface area contributed by atoms with Crippen LogP contribution in [0, 0.1) is 5.41 Å².